The molecule has 1 amide bonds. The van der Waals surface area contributed by atoms with Gasteiger partial charge in [-0.1, -0.05) is 42.7 Å². The van der Waals surface area contributed by atoms with E-state index in [2.05, 4.69) is 15.5 Å². The molecule has 1 atom stereocenters. The lowest BCUT2D eigenvalue weighted by molar-refractivity contribution is -0.120. The first-order valence-electron chi connectivity index (χ1n) is 11.2. The number of anilines is 1. The number of piperidine rings is 1. The quantitative estimate of drug-likeness (QED) is 0.510. The Labute approximate surface area is 204 Å². The molecular weight excluding hydrogens is 476 g/mol. The summed E-state index contributed by atoms with van der Waals surface area (Å²) in [6.45, 7) is 4.52. The third kappa shape index (κ3) is 5.65. The van der Waals surface area contributed by atoms with Crippen LogP contribution in [0.2, 0.25) is 5.02 Å². The van der Waals surface area contributed by atoms with Crippen LogP contribution in [0.1, 0.15) is 49.9 Å². The molecule has 0 saturated carbocycles. The number of nitrogens with zero attached hydrogens (tertiary/aromatic N) is 3. The molecule has 3 aromatic rings. The molecule has 4 rings (SSSR count). The van der Waals surface area contributed by atoms with Gasteiger partial charge in [-0.15, -0.1) is 0 Å². The lowest BCUT2D eigenvalue weighted by Crippen LogP contribution is -2.43. The zero-order valence-corrected chi connectivity index (χ0v) is 20.6. The molecule has 0 bridgehead atoms. The average molecular weight is 503 g/mol. The van der Waals surface area contributed by atoms with Crippen LogP contribution in [0.15, 0.2) is 57.9 Å². The summed E-state index contributed by atoms with van der Waals surface area (Å²) < 4.78 is 32.6. The van der Waals surface area contributed by atoms with Crippen LogP contribution >= 0.6 is 11.6 Å². The second-order valence-electron chi connectivity index (χ2n) is 8.72. The van der Waals surface area contributed by atoms with Gasteiger partial charge in [0.15, 0.2) is 5.82 Å². The maximum absolute atomic E-state index is 13.0. The number of sulfonamides is 1. The molecule has 1 N–H and O–H groups in total. The third-order valence-corrected chi connectivity index (χ3v) is 7.90. The van der Waals surface area contributed by atoms with E-state index in [0.717, 1.165) is 5.56 Å². The van der Waals surface area contributed by atoms with Gasteiger partial charge in [0, 0.05) is 36.1 Å². The summed E-state index contributed by atoms with van der Waals surface area (Å²) in [5.41, 5.74) is 1.65. The number of hydrogen-bond donors (Lipinski definition) is 1. The van der Waals surface area contributed by atoms with E-state index in [1.54, 1.807) is 12.1 Å². The molecule has 180 valence electrons. The number of halogens is 1. The minimum atomic E-state index is -3.68. The van der Waals surface area contributed by atoms with E-state index in [1.165, 1.54) is 16.4 Å². The lowest BCUT2D eigenvalue weighted by Gasteiger charge is -2.31. The van der Waals surface area contributed by atoms with Gasteiger partial charge >= 0.3 is 0 Å². The molecule has 2 heterocycles. The Morgan fingerprint density at radius 2 is 1.88 bits per heavy atom. The van der Waals surface area contributed by atoms with Crippen LogP contribution in [0.25, 0.3) is 0 Å². The number of carbonyl (C=O) groups excluding carboxylic acids is 1. The fourth-order valence-electron chi connectivity index (χ4n) is 3.84. The van der Waals surface area contributed by atoms with Gasteiger partial charge in [-0.05, 0) is 54.8 Å². The first-order chi connectivity index (χ1) is 16.2. The van der Waals surface area contributed by atoms with Gasteiger partial charge in [0.25, 0.3) is 0 Å². The van der Waals surface area contributed by atoms with Crippen molar-refractivity contribution in [2.24, 2.45) is 5.92 Å². The van der Waals surface area contributed by atoms with Gasteiger partial charge in [0.2, 0.25) is 21.8 Å². The molecule has 1 fully saturated rings. The molecule has 0 unspecified atom stereocenters. The topological polar surface area (TPSA) is 105 Å². The van der Waals surface area contributed by atoms with Crippen LogP contribution in [-0.4, -0.2) is 41.9 Å². The zero-order valence-electron chi connectivity index (χ0n) is 19.1. The van der Waals surface area contributed by atoms with Crippen LogP contribution in [0.4, 0.5) is 5.69 Å². The molecular formula is C24H27ClN4O4S. The zero-order chi connectivity index (χ0) is 24.3. The monoisotopic (exact) mass is 502 g/mol. The highest BCUT2D eigenvalue weighted by Gasteiger charge is 2.33. The van der Waals surface area contributed by atoms with Crippen molar-refractivity contribution in [3.05, 3.63) is 70.8 Å². The Bertz CT molecular complexity index is 1240. The number of rotatable bonds is 7. The Kier molecular flexibility index (Phi) is 7.35. The largest absolute Gasteiger partial charge is 0.339 e. The van der Waals surface area contributed by atoms with E-state index < -0.39 is 15.9 Å². The Morgan fingerprint density at radius 3 is 2.53 bits per heavy atom. The van der Waals surface area contributed by atoms with E-state index in [9.17, 15) is 13.2 Å². The average Bonchev–Trinajstić information content (AvgIpc) is 3.30. The Balaban J connectivity index is 1.36. The molecule has 2 aromatic carbocycles. The molecule has 0 spiro atoms. The molecule has 10 heteroatoms. The van der Waals surface area contributed by atoms with Crippen molar-refractivity contribution < 1.29 is 17.7 Å². The van der Waals surface area contributed by atoms with E-state index in [1.807, 2.05) is 38.1 Å². The van der Waals surface area contributed by atoms with Gasteiger partial charge < -0.3 is 9.84 Å². The fraction of sp³-hybridized carbons (Fsp3) is 0.375. The maximum atomic E-state index is 13.0. The Morgan fingerprint density at radius 1 is 1.18 bits per heavy atom. The van der Waals surface area contributed by atoms with E-state index in [-0.39, 0.29) is 23.3 Å². The summed E-state index contributed by atoms with van der Waals surface area (Å²) in [5, 5.41) is 7.39. The summed E-state index contributed by atoms with van der Waals surface area (Å²) in [6.07, 6.45) is 1.78. The van der Waals surface area contributed by atoms with Crippen LogP contribution in [0.5, 0.6) is 0 Å². The van der Waals surface area contributed by atoms with Gasteiger partial charge in [-0.25, -0.2) is 8.42 Å². The SMILES string of the molecule is CC(C)c1nc(Cc2ccc(NC(=O)[C@@H]3CCCN(S(=O)(=O)c4ccc(Cl)cc4)C3)cc2)no1. The number of hydrogen-bond acceptors (Lipinski definition) is 6. The van der Waals surface area contributed by atoms with Crippen molar-refractivity contribution in [2.45, 2.75) is 43.9 Å². The van der Waals surface area contributed by atoms with Crippen LogP contribution in [0.3, 0.4) is 0 Å². The van der Waals surface area contributed by atoms with E-state index >= 15 is 0 Å². The summed E-state index contributed by atoms with van der Waals surface area (Å²) in [6, 6.07) is 13.5. The Hall–Kier alpha value is -2.75. The molecule has 34 heavy (non-hydrogen) atoms. The highest BCUT2D eigenvalue weighted by Crippen LogP contribution is 2.26. The summed E-state index contributed by atoms with van der Waals surface area (Å²) in [7, 11) is -3.68. The van der Waals surface area contributed by atoms with Gasteiger partial charge in [0.05, 0.1) is 10.8 Å². The second kappa shape index (κ2) is 10.2. The molecule has 1 saturated heterocycles. The normalized spacial score (nSPS) is 17.1. The number of amides is 1. The molecule has 1 aliphatic heterocycles. The highest BCUT2D eigenvalue weighted by atomic mass is 35.5. The number of benzene rings is 2. The summed E-state index contributed by atoms with van der Waals surface area (Å²) in [5.74, 6) is 0.784. The molecule has 0 radical (unpaired) electrons. The first-order valence-corrected chi connectivity index (χ1v) is 13.0. The van der Waals surface area contributed by atoms with Crippen molar-refractivity contribution in [3.8, 4) is 0 Å². The third-order valence-electron chi connectivity index (χ3n) is 5.77. The van der Waals surface area contributed by atoms with Crippen molar-refractivity contribution in [1.82, 2.24) is 14.4 Å². The van der Waals surface area contributed by atoms with Gasteiger partial charge in [-0.2, -0.15) is 9.29 Å². The lowest BCUT2D eigenvalue weighted by atomic mass is 9.98. The van der Waals surface area contributed by atoms with Crippen LogP contribution in [-0.2, 0) is 21.2 Å². The number of nitrogens with one attached hydrogen (secondary N) is 1. The fourth-order valence-corrected chi connectivity index (χ4v) is 5.49. The maximum Gasteiger partial charge on any atom is 0.243 e. The van der Waals surface area contributed by atoms with Crippen molar-refractivity contribution >= 4 is 33.2 Å². The summed E-state index contributed by atoms with van der Waals surface area (Å²) >= 11 is 5.88. The second-order valence-corrected chi connectivity index (χ2v) is 11.1. The number of aromatic nitrogens is 2. The van der Waals surface area contributed by atoms with Crippen molar-refractivity contribution in [3.63, 3.8) is 0 Å². The predicted molar refractivity (Wildman–Crippen MR) is 129 cm³/mol. The van der Waals surface area contributed by atoms with E-state index in [0.29, 0.717) is 48.2 Å². The van der Waals surface area contributed by atoms with Gasteiger partial charge in [0.1, 0.15) is 0 Å². The van der Waals surface area contributed by atoms with Crippen LogP contribution in [0, 0.1) is 5.92 Å². The number of carbonyl (C=O) groups is 1. The molecule has 1 aromatic heterocycles. The first kappa shape index (κ1) is 24.4. The molecule has 1 aliphatic rings. The van der Waals surface area contributed by atoms with E-state index in [4.69, 9.17) is 16.1 Å². The molecule has 8 nitrogen and oxygen atoms in total. The van der Waals surface area contributed by atoms with Crippen molar-refractivity contribution in [2.75, 3.05) is 18.4 Å². The molecule has 0 aliphatic carbocycles. The predicted octanol–water partition coefficient (Wildman–Crippen LogP) is 4.48. The van der Waals surface area contributed by atoms with Gasteiger partial charge in [-0.3, -0.25) is 4.79 Å². The standard InChI is InChI=1S/C24H27ClN4O4S/c1-16(2)24-27-22(28-33-24)14-17-5-9-20(10-6-17)26-23(30)18-4-3-13-29(15-18)34(31,32)21-11-7-19(25)8-12-21/h5-12,16,18H,3-4,13-15H2,1-2H3,(H,26,30)/t18-/m1/s1. The summed E-state index contributed by atoms with van der Waals surface area (Å²) in [4.78, 5) is 17.4. The minimum Gasteiger partial charge on any atom is -0.339 e. The minimum absolute atomic E-state index is 0.144. The van der Waals surface area contributed by atoms with Crippen LogP contribution < -0.4 is 5.32 Å². The van der Waals surface area contributed by atoms with Crippen molar-refractivity contribution in [1.29, 1.82) is 0 Å². The highest BCUT2D eigenvalue weighted by molar-refractivity contribution is 7.89. The smallest absolute Gasteiger partial charge is 0.243 e.